The molecule has 3 N–H and O–H groups in total. The number of carbonyl (C=O) groups excluding carboxylic acids is 1. The van der Waals surface area contributed by atoms with Crippen LogP contribution in [0.25, 0.3) is 0 Å². The molecule has 4 heteroatoms. The molecule has 0 saturated carbocycles. The maximum Gasteiger partial charge on any atom is 0.253 e. The Morgan fingerprint density at radius 1 is 1.47 bits per heavy atom. The number of anilines is 1. The molecule has 1 aromatic carbocycles. The second kappa shape index (κ2) is 6.25. The molecule has 1 aromatic rings. The molecule has 4 nitrogen and oxygen atoms in total. The van der Waals surface area contributed by atoms with Gasteiger partial charge in [-0.3, -0.25) is 10.6 Å². The van der Waals surface area contributed by atoms with Gasteiger partial charge in [0, 0.05) is 24.8 Å². The Morgan fingerprint density at radius 3 is 2.71 bits per heavy atom. The summed E-state index contributed by atoms with van der Waals surface area (Å²) in [4.78, 5) is 13.9. The average Bonchev–Trinajstić information content (AvgIpc) is 2.34. The summed E-state index contributed by atoms with van der Waals surface area (Å²) in [6.07, 6.45) is 2.12. The highest BCUT2D eigenvalue weighted by Crippen LogP contribution is 2.16. The summed E-state index contributed by atoms with van der Waals surface area (Å²) < 4.78 is 0. The highest BCUT2D eigenvalue weighted by Gasteiger charge is 2.13. The fraction of sp³-hybridized carbons (Fsp3) is 0.462. The number of hydrogen-bond donors (Lipinski definition) is 2. The number of benzene rings is 1. The third-order valence-electron chi connectivity index (χ3n) is 2.82. The first-order valence-corrected chi connectivity index (χ1v) is 5.92. The van der Waals surface area contributed by atoms with Crippen molar-refractivity contribution in [2.45, 2.75) is 26.7 Å². The van der Waals surface area contributed by atoms with Gasteiger partial charge in [0.05, 0.1) is 0 Å². The molecule has 94 valence electrons. The van der Waals surface area contributed by atoms with Crippen LogP contribution in [0.15, 0.2) is 18.2 Å². The van der Waals surface area contributed by atoms with Gasteiger partial charge in [-0.05, 0) is 37.1 Å². The van der Waals surface area contributed by atoms with Crippen molar-refractivity contribution in [1.82, 2.24) is 4.90 Å². The van der Waals surface area contributed by atoms with E-state index in [0.29, 0.717) is 0 Å². The van der Waals surface area contributed by atoms with Crippen molar-refractivity contribution in [3.63, 3.8) is 0 Å². The molecule has 0 saturated heterocycles. The Morgan fingerprint density at radius 2 is 2.18 bits per heavy atom. The molecule has 1 rings (SSSR count). The summed E-state index contributed by atoms with van der Waals surface area (Å²) in [7, 11) is 1.84. The van der Waals surface area contributed by atoms with Gasteiger partial charge in [-0.1, -0.05) is 13.3 Å². The molecule has 0 heterocycles. The van der Waals surface area contributed by atoms with Crippen LogP contribution in [0.5, 0.6) is 0 Å². The number of nitrogens with two attached hydrogens (primary N) is 1. The van der Waals surface area contributed by atoms with Gasteiger partial charge in [0.15, 0.2) is 0 Å². The molecule has 0 aliphatic carbocycles. The minimum Gasteiger partial charge on any atom is -0.342 e. The maximum atomic E-state index is 12.1. The molecule has 0 aromatic heterocycles. The molecule has 0 aliphatic heterocycles. The van der Waals surface area contributed by atoms with Crippen LogP contribution in [-0.4, -0.2) is 24.4 Å². The first-order valence-electron chi connectivity index (χ1n) is 5.92. The fourth-order valence-corrected chi connectivity index (χ4v) is 1.70. The molecular weight excluding hydrogens is 214 g/mol. The van der Waals surface area contributed by atoms with E-state index >= 15 is 0 Å². The summed E-state index contributed by atoms with van der Waals surface area (Å²) in [5.74, 6) is 5.39. The van der Waals surface area contributed by atoms with Crippen LogP contribution in [0.3, 0.4) is 0 Å². The van der Waals surface area contributed by atoms with E-state index in [1.807, 2.05) is 32.2 Å². The lowest BCUT2D eigenvalue weighted by molar-refractivity contribution is 0.0792. The fourth-order valence-electron chi connectivity index (χ4n) is 1.70. The molecular formula is C13H21N3O. The van der Waals surface area contributed by atoms with Crippen molar-refractivity contribution < 1.29 is 4.79 Å². The second-order valence-electron chi connectivity index (χ2n) is 4.25. The van der Waals surface area contributed by atoms with Gasteiger partial charge in [0.25, 0.3) is 5.91 Å². The van der Waals surface area contributed by atoms with Crippen molar-refractivity contribution in [1.29, 1.82) is 0 Å². The molecule has 1 amide bonds. The first-order chi connectivity index (χ1) is 8.10. The molecule has 17 heavy (non-hydrogen) atoms. The predicted octanol–water partition coefficient (Wildman–Crippen LogP) is 2.15. The quantitative estimate of drug-likeness (QED) is 0.607. The van der Waals surface area contributed by atoms with Gasteiger partial charge in [0.1, 0.15) is 0 Å². The van der Waals surface area contributed by atoms with Crippen molar-refractivity contribution in [2.75, 3.05) is 19.0 Å². The lowest BCUT2D eigenvalue weighted by atomic mass is 10.1. The molecule has 0 unspecified atom stereocenters. The van der Waals surface area contributed by atoms with E-state index in [2.05, 4.69) is 12.3 Å². The Balaban J connectivity index is 2.81. The maximum absolute atomic E-state index is 12.1. The number of nitrogens with one attached hydrogen (secondary N) is 1. The normalized spacial score (nSPS) is 10.1. The van der Waals surface area contributed by atoms with E-state index in [-0.39, 0.29) is 5.91 Å². The van der Waals surface area contributed by atoms with Crippen molar-refractivity contribution in [2.24, 2.45) is 5.84 Å². The second-order valence-corrected chi connectivity index (χ2v) is 4.25. The topological polar surface area (TPSA) is 58.4 Å². The minimum absolute atomic E-state index is 0.0690. The standard InChI is InChI=1S/C13H21N3O/c1-4-5-8-16(3)13(17)12-7-6-11(15-14)9-10(12)2/h6-7,9,15H,4-5,8,14H2,1-3H3. The number of carbonyl (C=O) groups is 1. The number of nitrogens with zero attached hydrogens (tertiary/aromatic N) is 1. The summed E-state index contributed by atoms with van der Waals surface area (Å²) in [5.41, 5.74) is 5.06. The van der Waals surface area contributed by atoms with E-state index in [1.165, 1.54) is 0 Å². The van der Waals surface area contributed by atoms with Gasteiger partial charge in [-0.2, -0.15) is 0 Å². The number of rotatable bonds is 5. The number of nitrogen functional groups attached to an aromatic ring is 1. The number of hydrogen-bond acceptors (Lipinski definition) is 3. The molecule has 0 atom stereocenters. The highest BCUT2D eigenvalue weighted by molar-refractivity contribution is 5.95. The Labute approximate surface area is 103 Å². The average molecular weight is 235 g/mol. The van der Waals surface area contributed by atoms with E-state index in [9.17, 15) is 4.79 Å². The van der Waals surface area contributed by atoms with Crippen LogP contribution in [0.2, 0.25) is 0 Å². The van der Waals surface area contributed by atoms with Crippen LogP contribution in [0.1, 0.15) is 35.7 Å². The van der Waals surface area contributed by atoms with E-state index in [1.54, 1.807) is 4.90 Å². The van der Waals surface area contributed by atoms with Crippen LogP contribution < -0.4 is 11.3 Å². The smallest absolute Gasteiger partial charge is 0.253 e. The number of unbranched alkanes of at least 4 members (excludes halogenated alkanes) is 1. The monoisotopic (exact) mass is 235 g/mol. The van der Waals surface area contributed by atoms with E-state index in [4.69, 9.17) is 5.84 Å². The molecule has 0 radical (unpaired) electrons. The summed E-state index contributed by atoms with van der Waals surface area (Å²) in [5, 5.41) is 0. The van der Waals surface area contributed by atoms with Crippen molar-refractivity contribution in [3.05, 3.63) is 29.3 Å². The lowest BCUT2D eigenvalue weighted by Crippen LogP contribution is -2.28. The Kier molecular flexibility index (Phi) is 4.97. The van der Waals surface area contributed by atoms with Gasteiger partial charge in [0.2, 0.25) is 0 Å². The van der Waals surface area contributed by atoms with Gasteiger partial charge in [-0.15, -0.1) is 0 Å². The van der Waals surface area contributed by atoms with Gasteiger partial charge >= 0.3 is 0 Å². The largest absolute Gasteiger partial charge is 0.342 e. The zero-order valence-electron chi connectivity index (χ0n) is 10.8. The summed E-state index contributed by atoms with van der Waals surface area (Å²) in [6.45, 7) is 4.83. The highest BCUT2D eigenvalue weighted by atomic mass is 16.2. The molecule has 0 aliphatic rings. The van der Waals surface area contributed by atoms with Crippen LogP contribution >= 0.6 is 0 Å². The number of hydrazine groups is 1. The lowest BCUT2D eigenvalue weighted by Gasteiger charge is -2.18. The molecule has 0 bridgehead atoms. The number of aryl methyl sites for hydroxylation is 1. The van der Waals surface area contributed by atoms with Crippen LogP contribution in [0.4, 0.5) is 5.69 Å². The third-order valence-corrected chi connectivity index (χ3v) is 2.82. The van der Waals surface area contributed by atoms with E-state index < -0.39 is 0 Å². The predicted molar refractivity (Wildman–Crippen MR) is 70.9 cm³/mol. The summed E-state index contributed by atoms with van der Waals surface area (Å²) >= 11 is 0. The zero-order valence-corrected chi connectivity index (χ0v) is 10.8. The molecule has 0 fully saturated rings. The van der Waals surface area contributed by atoms with Gasteiger partial charge in [-0.25, -0.2) is 0 Å². The van der Waals surface area contributed by atoms with Gasteiger partial charge < -0.3 is 10.3 Å². The van der Waals surface area contributed by atoms with Crippen molar-refractivity contribution in [3.8, 4) is 0 Å². The first kappa shape index (κ1) is 13.5. The summed E-state index contributed by atoms with van der Waals surface area (Å²) in [6, 6.07) is 5.50. The Hall–Kier alpha value is -1.55. The van der Waals surface area contributed by atoms with Crippen LogP contribution in [0, 0.1) is 6.92 Å². The third kappa shape index (κ3) is 3.46. The molecule has 0 spiro atoms. The van der Waals surface area contributed by atoms with E-state index in [0.717, 1.165) is 36.2 Å². The minimum atomic E-state index is 0.0690. The Bertz CT molecular complexity index is 390. The van der Waals surface area contributed by atoms with Crippen LogP contribution in [-0.2, 0) is 0 Å². The SMILES string of the molecule is CCCCN(C)C(=O)c1ccc(NN)cc1C. The zero-order chi connectivity index (χ0) is 12.8. The number of amides is 1. The van der Waals surface area contributed by atoms with Crippen molar-refractivity contribution >= 4 is 11.6 Å².